The summed E-state index contributed by atoms with van der Waals surface area (Å²) in [5.74, 6) is 0.887. The van der Waals surface area contributed by atoms with E-state index >= 15 is 0 Å². The van der Waals surface area contributed by atoms with E-state index < -0.39 is 0 Å². The van der Waals surface area contributed by atoms with Crippen LogP contribution in [0.15, 0.2) is 18.3 Å². The summed E-state index contributed by atoms with van der Waals surface area (Å²) in [5, 5.41) is 1.73. The van der Waals surface area contributed by atoms with E-state index in [2.05, 4.69) is 32.7 Å². The van der Waals surface area contributed by atoms with Gasteiger partial charge in [-0.3, -0.25) is 0 Å². The number of hydrogen-bond acceptors (Lipinski definition) is 2. The maximum atomic E-state index is 6.06. The summed E-state index contributed by atoms with van der Waals surface area (Å²) >= 11 is 9.48. The van der Waals surface area contributed by atoms with Crippen LogP contribution in [0, 0.1) is 0 Å². The van der Waals surface area contributed by atoms with E-state index in [-0.39, 0.29) is 0 Å². The molecular formula is C10H14BrClN2. The van der Waals surface area contributed by atoms with Gasteiger partial charge < -0.3 is 4.90 Å². The topological polar surface area (TPSA) is 16.1 Å². The Bertz CT molecular complexity index is 281. The van der Waals surface area contributed by atoms with Crippen LogP contribution in [0.25, 0.3) is 0 Å². The first-order valence-electron chi connectivity index (χ1n) is 4.71. The standard InChI is InChI=1S/C10H14BrClN2/c1-2-14(8-4-6-11)10-9(12)5-3-7-13-10/h3,5,7H,2,4,6,8H2,1H3. The highest BCUT2D eigenvalue weighted by Gasteiger charge is 2.08. The van der Waals surface area contributed by atoms with Gasteiger partial charge in [0.15, 0.2) is 0 Å². The van der Waals surface area contributed by atoms with E-state index in [0.29, 0.717) is 0 Å². The normalized spacial score (nSPS) is 10.2. The fraction of sp³-hybridized carbons (Fsp3) is 0.500. The lowest BCUT2D eigenvalue weighted by molar-refractivity contribution is 0.785. The van der Waals surface area contributed by atoms with Gasteiger partial charge in [0.2, 0.25) is 0 Å². The van der Waals surface area contributed by atoms with E-state index in [1.54, 1.807) is 6.20 Å². The van der Waals surface area contributed by atoms with Crippen molar-refractivity contribution < 1.29 is 0 Å². The number of hydrogen-bond donors (Lipinski definition) is 0. The first kappa shape index (κ1) is 11.8. The van der Waals surface area contributed by atoms with Crippen LogP contribution in [0.3, 0.4) is 0 Å². The Balaban J connectivity index is 2.73. The molecule has 1 aromatic heterocycles. The molecule has 14 heavy (non-hydrogen) atoms. The smallest absolute Gasteiger partial charge is 0.147 e. The van der Waals surface area contributed by atoms with Crippen LogP contribution in [0.5, 0.6) is 0 Å². The first-order valence-corrected chi connectivity index (χ1v) is 6.21. The minimum atomic E-state index is 0.726. The molecule has 78 valence electrons. The molecule has 1 aromatic rings. The van der Waals surface area contributed by atoms with Crippen LogP contribution in [0.4, 0.5) is 5.82 Å². The predicted molar refractivity (Wildman–Crippen MR) is 65.5 cm³/mol. The highest BCUT2D eigenvalue weighted by Crippen LogP contribution is 2.22. The number of pyridine rings is 1. The summed E-state index contributed by atoms with van der Waals surface area (Å²) in [4.78, 5) is 6.47. The van der Waals surface area contributed by atoms with E-state index in [0.717, 1.165) is 35.7 Å². The minimum Gasteiger partial charge on any atom is -0.356 e. The molecule has 0 spiro atoms. The molecule has 4 heteroatoms. The van der Waals surface area contributed by atoms with Crippen LogP contribution >= 0.6 is 27.5 Å². The molecule has 0 aliphatic carbocycles. The zero-order chi connectivity index (χ0) is 10.4. The van der Waals surface area contributed by atoms with Gasteiger partial charge >= 0.3 is 0 Å². The van der Waals surface area contributed by atoms with Gasteiger partial charge in [-0.15, -0.1) is 0 Å². The molecule has 0 aliphatic heterocycles. The molecular weight excluding hydrogens is 263 g/mol. The zero-order valence-electron chi connectivity index (χ0n) is 8.21. The average molecular weight is 278 g/mol. The van der Waals surface area contributed by atoms with E-state index in [1.165, 1.54) is 0 Å². The number of rotatable bonds is 5. The van der Waals surface area contributed by atoms with Crippen LogP contribution in [0.1, 0.15) is 13.3 Å². The Kier molecular flexibility index (Phi) is 5.26. The molecule has 1 rings (SSSR count). The second kappa shape index (κ2) is 6.25. The lowest BCUT2D eigenvalue weighted by Gasteiger charge is -2.22. The Morgan fingerprint density at radius 3 is 2.93 bits per heavy atom. The maximum absolute atomic E-state index is 6.06. The van der Waals surface area contributed by atoms with E-state index in [1.807, 2.05) is 12.1 Å². The third kappa shape index (κ3) is 3.14. The molecule has 0 fully saturated rings. The van der Waals surface area contributed by atoms with Gasteiger partial charge in [0.05, 0.1) is 5.02 Å². The molecule has 0 bridgehead atoms. The van der Waals surface area contributed by atoms with Crippen molar-refractivity contribution >= 4 is 33.3 Å². The molecule has 0 aromatic carbocycles. The van der Waals surface area contributed by atoms with Crippen molar-refractivity contribution in [1.82, 2.24) is 4.98 Å². The fourth-order valence-corrected chi connectivity index (χ4v) is 1.77. The number of halogens is 2. The lowest BCUT2D eigenvalue weighted by atomic mass is 10.3. The summed E-state index contributed by atoms with van der Waals surface area (Å²) < 4.78 is 0. The van der Waals surface area contributed by atoms with Gasteiger partial charge in [0, 0.05) is 24.6 Å². The Labute approximate surface area is 98.4 Å². The summed E-state index contributed by atoms with van der Waals surface area (Å²) in [7, 11) is 0. The molecule has 0 aliphatic rings. The van der Waals surface area contributed by atoms with Crippen LogP contribution in [0.2, 0.25) is 5.02 Å². The van der Waals surface area contributed by atoms with Gasteiger partial charge in [-0.1, -0.05) is 27.5 Å². The van der Waals surface area contributed by atoms with Crippen molar-refractivity contribution in [2.75, 3.05) is 23.3 Å². The second-order valence-electron chi connectivity index (χ2n) is 2.93. The predicted octanol–water partition coefficient (Wildman–Crippen LogP) is 3.35. The summed E-state index contributed by atoms with van der Waals surface area (Å²) in [6.45, 7) is 4.03. The molecule has 0 radical (unpaired) electrons. The monoisotopic (exact) mass is 276 g/mol. The van der Waals surface area contributed by atoms with Crippen molar-refractivity contribution in [3.63, 3.8) is 0 Å². The largest absolute Gasteiger partial charge is 0.356 e. The highest BCUT2D eigenvalue weighted by atomic mass is 79.9. The number of anilines is 1. The highest BCUT2D eigenvalue weighted by molar-refractivity contribution is 9.09. The number of alkyl halides is 1. The quantitative estimate of drug-likeness (QED) is 0.767. The third-order valence-electron chi connectivity index (χ3n) is 1.98. The van der Waals surface area contributed by atoms with Gasteiger partial charge in [0.25, 0.3) is 0 Å². The molecule has 0 N–H and O–H groups in total. The van der Waals surface area contributed by atoms with Gasteiger partial charge in [-0.05, 0) is 25.5 Å². The number of aromatic nitrogens is 1. The Morgan fingerprint density at radius 1 is 1.57 bits per heavy atom. The second-order valence-corrected chi connectivity index (χ2v) is 4.13. The molecule has 0 amide bonds. The zero-order valence-corrected chi connectivity index (χ0v) is 10.6. The van der Waals surface area contributed by atoms with Gasteiger partial charge in [-0.25, -0.2) is 4.98 Å². The average Bonchev–Trinajstić information content (AvgIpc) is 2.21. The van der Waals surface area contributed by atoms with Crippen molar-refractivity contribution in [2.24, 2.45) is 0 Å². The van der Waals surface area contributed by atoms with Crippen molar-refractivity contribution in [2.45, 2.75) is 13.3 Å². The van der Waals surface area contributed by atoms with Crippen LogP contribution in [-0.2, 0) is 0 Å². The Hall–Kier alpha value is -0.280. The number of nitrogens with zero attached hydrogens (tertiary/aromatic N) is 2. The maximum Gasteiger partial charge on any atom is 0.147 e. The molecule has 0 saturated carbocycles. The molecule has 0 atom stereocenters. The van der Waals surface area contributed by atoms with E-state index in [9.17, 15) is 0 Å². The van der Waals surface area contributed by atoms with Crippen molar-refractivity contribution in [1.29, 1.82) is 0 Å². The SMILES string of the molecule is CCN(CCCBr)c1ncccc1Cl. The van der Waals surface area contributed by atoms with Crippen molar-refractivity contribution in [3.8, 4) is 0 Å². The first-order chi connectivity index (χ1) is 6.79. The molecule has 0 unspecified atom stereocenters. The Morgan fingerprint density at radius 2 is 2.36 bits per heavy atom. The van der Waals surface area contributed by atoms with Gasteiger partial charge in [0.1, 0.15) is 5.82 Å². The summed E-state index contributed by atoms with van der Waals surface area (Å²) in [6, 6.07) is 3.73. The summed E-state index contributed by atoms with van der Waals surface area (Å²) in [5.41, 5.74) is 0. The van der Waals surface area contributed by atoms with Crippen LogP contribution in [-0.4, -0.2) is 23.4 Å². The van der Waals surface area contributed by atoms with Gasteiger partial charge in [-0.2, -0.15) is 0 Å². The van der Waals surface area contributed by atoms with Crippen LogP contribution < -0.4 is 4.90 Å². The fourth-order valence-electron chi connectivity index (χ4n) is 1.27. The lowest BCUT2D eigenvalue weighted by Crippen LogP contribution is -2.25. The summed E-state index contributed by atoms with van der Waals surface area (Å²) in [6.07, 6.45) is 2.87. The molecule has 1 heterocycles. The third-order valence-corrected chi connectivity index (χ3v) is 2.84. The molecule has 0 saturated heterocycles. The molecule has 2 nitrogen and oxygen atoms in total. The minimum absolute atomic E-state index is 0.726. The van der Waals surface area contributed by atoms with Crippen molar-refractivity contribution in [3.05, 3.63) is 23.4 Å². The van der Waals surface area contributed by atoms with E-state index in [4.69, 9.17) is 11.6 Å².